The van der Waals surface area contributed by atoms with Crippen LogP contribution in [0.25, 0.3) is 0 Å². The molecule has 0 N–H and O–H groups in total. The van der Waals surface area contributed by atoms with Gasteiger partial charge in [-0.05, 0) is 38.1 Å². The van der Waals surface area contributed by atoms with Gasteiger partial charge < -0.3 is 9.47 Å². The second-order valence-electron chi connectivity index (χ2n) is 6.29. The number of likely N-dealkylation sites (tertiary alicyclic amines) is 1. The fourth-order valence-electron chi connectivity index (χ4n) is 3.58. The fraction of sp³-hybridized carbons (Fsp3) is 0.500. The van der Waals surface area contributed by atoms with Crippen LogP contribution in [0.1, 0.15) is 19.3 Å². The third-order valence-electron chi connectivity index (χ3n) is 4.95. The Morgan fingerprint density at radius 2 is 1.80 bits per heavy atom. The maximum atomic E-state index is 12.9. The number of anilines is 1. The van der Waals surface area contributed by atoms with Gasteiger partial charge in [0.1, 0.15) is 5.75 Å². The van der Waals surface area contributed by atoms with Crippen molar-refractivity contribution >= 4 is 23.5 Å². The average Bonchev–Trinajstić information content (AvgIpc) is 2.95. The van der Waals surface area contributed by atoms with E-state index in [4.69, 9.17) is 9.47 Å². The van der Waals surface area contributed by atoms with Crippen molar-refractivity contribution in [2.24, 2.45) is 5.92 Å². The zero-order chi connectivity index (χ0) is 18.0. The predicted octanol–water partition coefficient (Wildman–Crippen LogP) is 1.21. The highest BCUT2D eigenvalue weighted by molar-refractivity contribution is 6.23. The molecule has 0 aliphatic carbocycles. The molecular weight excluding hydrogens is 324 g/mol. The predicted molar refractivity (Wildman–Crippen MR) is 90.2 cm³/mol. The van der Waals surface area contributed by atoms with E-state index in [2.05, 4.69) is 0 Å². The van der Waals surface area contributed by atoms with E-state index in [1.807, 2.05) is 4.90 Å². The number of imide groups is 1. The largest absolute Gasteiger partial charge is 0.495 e. The molecule has 25 heavy (non-hydrogen) atoms. The van der Waals surface area contributed by atoms with Crippen molar-refractivity contribution in [3.63, 3.8) is 0 Å². The molecule has 2 heterocycles. The maximum Gasteiger partial charge on any atom is 0.308 e. The van der Waals surface area contributed by atoms with Crippen LogP contribution in [0.3, 0.4) is 0 Å². The van der Waals surface area contributed by atoms with Gasteiger partial charge in [-0.2, -0.15) is 0 Å². The number of benzene rings is 1. The minimum atomic E-state index is -0.476. The third kappa shape index (κ3) is 3.24. The summed E-state index contributed by atoms with van der Waals surface area (Å²) in [6, 6.07) is 6.53. The van der Waals surface area contributed by atoms with Crippen molar-refractivity contribution in [2.75, 3.05) is 32.2 Å². The number of esters is 1. The minimum absolute atomic E-state index is 0.126. The number of hydrogen-bond acceptors (Lipinski definition) is 6. The van der Waals surface area contributed by atoms with Crippen molar-refractivity contribution in [3.05, 3.63) is 24.3 Å². The number of amides is 2. The van der Waals surface area contributed by atoms with Gasteiger partial charge in [-0.3, -0.25) is 19.3 Å². The number of piperidine rings is 1. The van der Waals surface area contributed by atoms with Crippen LogP contribution in [0.15, 0.2) is 24.3 Å². The summed E-state index contributed by atoms with van der Waals surface area (Å²) in [7, 11) is 2.90. The molecule has 0 aromatic heterocycles. The number of nitrogens with zero attached hydrogens (tertiary/aromatic N) is 2. The van der Waals surface area contributed by atoms with E-state index in [0.29, 0.717) is 37.4 Å². The molecule has 0 saturated carbocycles. The van der Waals surface area contributed by atoms with Gasteiger partial charge in [-0.25, -0.2) is 4.90 Å². The SMILES string of the molecule is COC(=O)C1CCN([C@H]2CC(=O)N(c3ccccc3OC)C2=O)CC1. The lowest BCUT2D eigenvalue weighted by molar-refractivity contribution is -0.147. The maximum absolute atomic E-state index is 12.9. The third-order valence-corrected chi connectivity index (χ3v) is 4.95. The Hall–Kier alpha value is -2.41. The first-order valence-corrected chi connectivity index (χ1v) is 8.38. The first kappa shape index (κ1) is 17.4. The van der Waals surface area contributed by atoms with Gasteiger partial charge >= 0.3 is 5.97 Å². The molecule has 1 aromatic rings. The fourth-order valence-corrected chi connectivity index (χ4v) is 3.58. The van der Waals surface area contributed by atoms with E-state index in [9.17, 15) is 14.4 Å². The molecule has 7 nitrogen and oxygen atoms in total. The monoisotopic (exact) mass is 346 g/mol. The highest BCUT2D eigenvalue weighted by atomic mass is 16.5. The standard InChI is InChI=1S/C18H22N2O5/c1-24-15-6-4-3-5-13(15)20-16(21)11-14(17(20)22)19-9-7-12(8-10-19)18(23)25-2/h3-6,12,14H,7-11H2,1-2H3/t14-/m0/s1. The van der Waals surface area contributed by atoms with Gasteiger partial charge in [0.15, 0.2) is 0 Å². The molecule has 7 heteroatoms. The van der Waals surface area contributed by atoms with E-state index in [0.717, 1.165) is 0 Å². The molecule has 1 aromatic carbocycles. The lowest BCUT2D eigenvalue weighted by atomic mass is 9.95. The molecule has 2 saturated heterocycles. The molecular formula is C18H22N2O5. The van der Waals surface area contributed by atoms with Crippen LogP contribution >= 0.6 is 0 Å². The van der Waals surface area contributed by atoms with Crippen LogP contribution in [0.5, 0.6) is 5.75 Å². The van der Waals surface area contributed by atoms with Gasteiger partial charge in [0, 0.05) is 0 Å². The van der Waals surface area contributed by atoms with Crippen LogP contribution in [-0.4, -0.2) is 56.0 Å². The molecule has 2 aliphatic heterocycles. The molecule has 0 unspecified atom stereocenters. The Bertz CT molecular complexity index is 682. The number of para-hydroxylation sites is 2. The van der Waals surface area contributed by atoms with E-state index in [1.165, 1.54) is 19.1 Å². The molecule has 0 spiro atoms. The molecule has 2 amide bonds. The molecule has 1 atom stereocenters. The average molecular weight is 346 g/mol. The Labute approximate surface area is 146 Å². The smallest absolute Gasteiger partial charge is 0.308 e. The van der Waals surface area contributed by atoms with Crippen molar-refractivity contribution in [1.82, 2.24) is 4.90 Å². The summed E-state index contributed by atoms with van der Waals surface area (Å²) in [6.45, 7) is 1.20. The number of rotatable bonds is 4. The summed E-state index contributed by atoms with van der Waals surface area (Å²) < 4.78 is 10.1. The van der Waals surface area contributed by atoms with Crippen LogP contribution in [0.2, 0.25) is 0 Å². The molecule has 2 aliphatic rings. The number of methoxy groups -OCH3 is 2. The van der Waals surface area contributed by atoms with Crippen LogP contribution in [0.4, 0.5) is 5.69 Å². The Morgan fingerprint density at radius 3 is 2.44 bits per heavy atom. The second kappa shape index (κ2) is 7.23. The van der Waals surface area contributed by atoms with Crippen LogP contribution in [-0.2, 0) is 19.1 Å². The van der Waals surface area contributed by atoms with Gasteiger partial charge in [0.2, 0.25) is 5.91 Å². The quantitative estimate of drug-likeness (QED) is 0.603. The number of carbonyl (C=O) groups is 3. The topological polar surface area (TPSA) is 76.2 Å². The molecule has 0 bridgehead atoms. The second-order valence-corrected chi connectivity index (χ2v) is 6.29. The van der Waals surface area contributed by atoms with Crippen molar-refractivity contribution < 1.29 is 23.9 Å². The summed E-state index contributed by atoms with van der Waals surface area (Å²) in [4.78, 5) is 40.2. The van der Waals surface area contributed by atoms with Crippen molar-refractivity contribution in [1.29, 1.82) is 0 Å². The van der Waals surface area contributed by atoms with Gasteiger partial charge in [-0.15, -0.1) is 0 Å². The minimum Gasteiger partial charge on any atom is -0.495 e. The first-order chi connectivity index (χ1) is 12.1. The highest BCUT2D eigenvalue weighted by Crippen LogP contribution is 2.34. The lowest BCUT2D eigenvalue weighted by Gasteiger charge is -2.33. The number of hydrogen-bond donors (Lipinski definition) is 0. The van der Waals surface area contributed by atoms with Gasteiger partial charge in [-0.1, -0.05) is 12.1 Å². The normalized spacial score (nSPS) is 22.3. The Kier molecular flexibility index (Phi) is 5.03. The Balaban J connectivity index is 1.73. The molecule has 0 radical (unpaired) electrons. The van der Waals surface area contributed by atoms with E-state index in [1.54, 1.807) is 24.3 Å². The zero-order valence-corrected chi connectivity index (χ0v) is 14.4. The molecule has 2 fully saturated rings. The summed E-state index contributed by atoms with van der Waals surface area (Å²) in [6.07, 6.45) is 1.43. The van der Waals surface area contributed by atoms with Gasteiger partial charge in [0.25, 0.3) is 5.91 Å². The van der Waals surface area contributed by atoms with E-state index in [-0.39, 0.29) is 30.1 Å². The zero-order valence-electron chi connectivity index (χ0n) is 14.4. The molecule has 3 rings (SSSR count). The van der Waals surface area contributed by atoms with Crippen LogP contribution in [0, 0.1) is 5.92 Å². The van der Waals surface area contributed by atoms with Crippen LogP contribution < -0.4 is 9.64 Å². The van der Waals surface area contributed by atoms with E-state index >= 15 is 0 Å². The number of carbonyl (C=O) groups excluding carboxylic acids is 3. The summed E-state index contributed by atoms with van der Waals surface area (Å²) in [5, 5.41) is 0. The van der Waals surface area contributed by atoms with Gasteiger partial charge in [0.05, 0.1) is 38.3 Å². The van der Waals surface area contributed by atoms with Crippen molar-refractivity contribution in [2.45, 2.75) is 25.3 Å². The van der Waals surface area contributed by atoms with E-state index < -0.39 is 6.04 Å². The number of ether oxygens (including phenoxy) is 2. The first-order valence-electron chi connectivity index (χ1n) is 8.38. The highest BCUT2D eigenvalue weighted by Gasteiger charge is 2.44. The molecule has 134 valence electrons. The Morgan fingerprint density at radius 1 is 1.12 bits per heavy atom. The lowest BCUT2D eigenvalue weighted by Crippen LogP contribution is -2.47. The summed E-state index contributed by atoms with van der Waals surface area (Å²) in [5.41, 5.74) is 0.479. The van der Waals surface area contributed by atoms with Crippen molar-refractivity contribution in [3.8, 4) is 5.75 Å². The summed E-state index contributed by atoms with van der Waals surface area (Å²) >= 11 is 0. The summed E-state index contributed by atoms with van der Waals surface area (Å²) in [5.74, 6) is -0.294.